The fourth-order valence-electron chi connectivity index (χ4n) is 3.60. The lowest BCUT2D eigenvalue weighted by Gasteiger charge is -2.14. The van der Waals surface area contributed by atoms with E-state index in [9.17, 15) is 4.79 Å². The van der Waals surface area contributed by atoms with Crippen molar-refractivity contribution in [3.05, 3.63) is 101 Å². The molecular weight excluding hydrogens is 370 g/mol. The summed E-state index contributed by atoms with van der Waals surface area (Å²) in [6, 6.07) is 25.3. The summed E-state index contributed by atoms with van der Waals surface area (Å²) in [5.41, 5.74) is 4.15. The number of aromatic nitrogens is 1. The highest BCUT2D eigenvalue weighted by atomic mass is 35.5. The molecule has 0 saturated heterocycles. The summed E-state index contributed by atoms with van der Waals surface area (Å²) >= 11 is 6.26. The number of aliphatic imine (C=N–C) groups is 1. The van der Waals surface area contributed by atoms with Gasteiger partial charge in [0.25, 0.3) is 5.91 Å². The molecule has 1 amide bonds. The van der Waals surface area contributed by atoms with Crippen LogP contribution in [0, 0.1) is 0 Å². The molecule has 0 fully saturated rings. The Kier molecular flexibility index (Phi) is 3.99. The smallest absolute Gasteiger partial charge is 0.270 e. The number of anilines is 1. The fraction of sp³-hybridized carbons (Fsp3) is 0.0435. The maximum Gasteiger partial charge on any atom is 0.270 e. The van der Waals surface area contributed by atoms with E-state index in [1.165, 1.54) is 0 Å². The van der Waals surface area contributed by atoms with Crippen LogP contribution in [0.1, 0.15) is 17.3 Å². The number of fused-ring (bicyclic) bond motifs is 2. The minimum absolute atomic E-state index is 0.184. The maximum atomic E-state index is 13.1. The van der Waals surface area contributed by atoms with E-state index in [2.05, 4.69) is 5.32 Å². The van der Waals surface area contributed by atoms with E-state index in [0.717, 1.165) is 27.7 Å². The second-order valence-corrected chi connectivity index (χ2v) is 7.11. The SMILES string of the molecule is O=C1Nc2ccc(Cl)cc2C(c2ccccc2)=N[C@@H]1n1ccc2ccccc21. The Hall–Kier alpha value is -3.37. The van der Waals surface area contributed by atoms with Gasteiger partial charge >= 0.3 is 0 Å². The van der Waals surface area contributed by atoms with Crippen molar-refractivity contribution in [2.45, 2.75) is 6.17 Å². The van der Waals surface area contributed by atoms with Crippen LogP contribution >= 0.6 is 11.6 Å². The van der Waals surface area contributed by atoms with Gasteiger partial charge in [-0.1, -0.05) is 60.1 Å². The molecule has 4 aromatic rings. The summed E-state index contributed by atoms with van der Waals surface area (Å²) in [5.74, 6) is -0.184. The van der Waals surface area contributed by atoms with Crippen LogP contribution < -0.4 is 5.32 Å². The predicted molar refractivity (Wildman–Crippen MR) is 113 cm³/mol. The van der Waals surface area contributed by atoms with Gasteiger partial charge in [0.2, 0.25) is 6.17 Å². The van der Waals surface area contributed by atoms with Crippen molar-refractivity contribution in [2.75, 3.05) is 5.32 Å². The van der Waals surface area contributed by atoms with E-state index < -0.39 is 6.17 Å². The lowest BCUT2D eigenvalue weighted by atomic mass is 10.0. The van der Waals surface area contributed by atoms with Crippen LogP contribution in [-0.4, -0.2) is 16.2 Å². The van der Waals surface area contributed by atoms with Crippen molar-refractivity contribution in [1.29, 1.82) is 0 Å². The fourth-order valence-corrected chi connectivity index (χ4v) is 3.77. The number of nitrogens with zero attached hydrogens (tertiary/aromatic N) is 2. The molecule has 28 heavy (non-hydrogen) atoms. The van der Waals surface area contributed by atoms with E-state index in [1.807, 2.05) is 83.6 Å². The van der Waals surface area contributed by atoms with Gasteiger partial charge in [-0.25, -0.2) is 4.99 Å². The topological polar surface area (TPSA) is 46.4 Å². The molecule has 136 valence electrons. The standard InChI is InChI=1S/C23H16ClN3O/c24-17-10-11-19-18(14-17)21(16-7-2-1-3-8-16)26-22(23(28)25-19)27-13-12-15-6-4-5-9-20(15)27/h1-14,22H,(H,25,28)/t22-/m1/s1. The number of carbonyl (C=O) groups is 1. The number of benzodiazepines with no additional fused rings is 1. The van der Waals surface area contributed by atoms with Crippen LogP contribution in [0.2, 0.25) is 5.02 Å². The molecule has 1 aliphatic heterocycles. The van der Waals surface area contributed by atoms with Gasteiger partial charge in [-0.3, -0.25) is 4.79 Å². The normalized spacial score (nSPS) is 16.2. The molecular formula is C23H16ClN3O. The zero-order valence-corrected chi connectivity index (χ0v) is 15.6. The number of benzene rings is 3. The Balaban J connectivity index is 1.75. The molecule has 0 bridgehead atoms. The van der Waals surface area contributed by atoms with Gasteiger partial charge in [0.15, 0.2) is 0 Å². The highest BCUT2D eigenvalue weighted by Gasteiger charge is 2.27. The van der Waals surface area contributed by atoms with Gasteiger partial charge in [-0.15, -0.1) is 0 Å². The first-order valence-electron chi connectivity index (χ1n) is 9.00. The number of carbonyl (C=O) groups excluding carboxylic acids is 1. The Labute approximate surface area is 167 Å². The third-order valence-electron chi connectivity index (χ3n) is 4.92. The quantitative estimate of drug-likeness (QED) is 0.501. The van der Waals surface area contributed by atoms with Gasteiger partial charge < -0.3 is 9.88 Å². The van der Waals surface area contributed by atoms with Crippen molar-refractivity contribution < 1.29 is 4.79 Å². The largest absolute Gasteiger partial charge is 0.322 e. The molecule has 2 heterocycles. The number of rotatable bonds is 2. The van der Waals surface area contributed by atoms with Crippen LogP contribution in [0.3, 0.4) is 0 Å². The molecule has 1 N–H and O–H groups in total. The van der Waals surface area contributed by atoms with E-state index in [-0.39, 0.29) is 5.91 Å². The van der Waals surface area contributed by atoms with E-state index in [4.69, 9.17) is 16.6 Å². The zero-order valence-electron chi connectivity index (χ0n) is 14.8. The molecule has 1 aliphatic rings. The lowest BCUT2D eigenvalue weighted by Crippen LogP contribution is -2.23. The summed E-state index contributed by atoms with van der Waals surface area (Å²) in [4.78, 5) is 18.0. The van der Waals surface area contributed by atoms with Gasteiger partial charge in [-0.05, 0) is 35.7 Å². The molecule has 0 radical (unpaired) electrons. The molecule has 0 aliphatic carbocycles. The first-order valence-corrected chi connectivity index (χ1v) is 9.38. The molecule has 0 saturated carbocycles. The average molecular weight is 386 g/mol. The third kappa shape index (κ3) is 2.79. The Morgan fingerprint density at radius 2 is 1.71 bits per heavy atom. The molecule has 0 spiro atoms. The number of halogens is 1. The Bertz CT molecular complexity index is 1230. The molecule has 0 unspecified atom stereocenters. The maximum absolute atomic E-state index is 13.1. The van der Waals surface area contributed by atoms with Crippen LogP contribution in [0.15, 0.2) is 90.1 Å². The Morgan fingerprint density at radius 3 is 2.57 bits per heavy atom. The minimum Gasteiger partial charge on any atom is -0.322 e. The molecule has 5 heteroatoms. The van der Waals surface area contributed by atoms with Crippen molar-refractivity contribution in [3.8, 4) is 0 Å². The minimum atomic E-state index is -0.721. The lowest BCUT2D eigenvalue weighted by molar-refractivity contribution is -0.118. The summed E-state index contributed by atoms with van der Waals surface area (Å²) in [6.45, 7) is 0. The van der Waals surface area contributed by atoms with E-state index in [1.54, 1.807) is 6.07 Å². The number of hydrogen-bond acceptors (Lipinski definition) is 2. The van der Waals surface area contributed by atoms with Crippen molar-refractivity contribution in [1.82, 2.24) is 4.57 Å². The molecule has 5 rings (SSSR count). The second-order valence-electron chi connectivity index (χ2n) is 6.68. The summed E-state index contributed by atoms with van der Waals surface area (Å²) in [7, 11) is 0. The van der Waals surface area contributed by atoms with E-state index in [0.29, 0.717) is 10.7 Å². The third-order valence-corrected chi connectivity index (χ3v) is 5.16. The van der Waals surface area contributed by atoms with Crippen molar-refractivity contribution in [2.24, 2.45) is 4.99 Å². The van der Waals surface area contributed by atoms with Crippen LogP contribution in [0.5, 0.6) is 0 Å². The van der Waals surface area contributed by atoms with Crippen LogP contribution in [-0.2, 0) is 4.79 Å². The summed E-state index contributed by atoms with van der Waals surface area (Å²) < 4.78 is 1.90. The number of hydrogen-bond donors (Lipinski definition) is 1. The molecule has 4 nitrogen and oxygen atoms in total. The predicted octanol–water partition coefficient (Wildman–Crippen LogP) is 5.28. The van der Waals surface area contributed by atoms with Crippen molar-refractivity contribution >= 4 is 39.8 Å². The molecule has 3 aromatic carbocycles. The summed E-state index contributed by atoms with van der Waals surface area (Å²) in [6.07, 6.45) is 1.19. The Morgan fingerprint density at radius 1 is 0.929 bits per heavy atom. The van der Waals surface area contributed by atoms with Crippen molar-refractivity contribution in [3.63, 3.8) is 0 Å². The molecule has 1 aromatic heterocycles. The number of amides is 1. The second kappa shape index (κ2) is 6.66. The van der Waals surface area contributed by atoms with Gasteiger partial charge in [-0.2, -0.15) is 0 Å². The number of para-hydroxylation sites is 1. The number of nitrogens with one attached hydrogen (secondary N) is 1. The van der Waals surface area contributed by atoms with Crippen LogP contribution in [0.25, 0.3) is 10.9 Å². The van der Waals surface area contributed by atoms with Gasteiger partial charge in [0, 0.05) is 22.3 Å². The van der Waals surface area contributed by atoms with Gasteiger partial charge in [0.1, 0.15) is 0 Å². The average Bonchev–Trinajstić information content (AvgIpc) is 3.09. The highest BCUT2D eigenvalue weighted by molar-refractivity contribution is 6.32. The first kappa shape index (κ1) is 16.8. The zero-order chi connectivity index (χ0) is 19.1. The highest BCUT2D eigenvalue weighted by Crippen LogP contribution is 2.31. The van der Waals surface area contributed by atoms with Gasteiger partial charge in [0.05, 0.1) is 16.9 Å². The van der Waals surface area contributed by atoms with E-state index >= 15 is 0 Å². The summed E-state index contributed by atoms with van der Waals surface area (Å²) in [5, 5.41) is 4.68. The van der Waals surface area contributed by atoms with Crippen LogP contribution in [0.4, 0.5) is 5.69 Å². The monoisotopic (exact) mass is 385 g/mol. The molecule has 1 atom stereocenters. The first-order chi connectivity index (χ1) is 13.7.